The molecule has 7 nitrogen and oxygen atoms in total. The predicted octanol–water partition coefficient (Wildman–Crippen LogP) is 3.09. The number of aromatic nitrogens is 3. The third-order valence-corrected chi connectivity index (χ3v) is 6.50. The summed E-state index contributed by atoms with van der Waals surface area (Å²) in [7, 11) is 0. The fraction of sp³-hybridized carbons (Fsp3) is 0.412. The Morgan fingerprint density at radius 2 is 2.19 bits per heavy atom. The smallest absolute Gasteiger partial charge is 0.273 e. The summed E-state index contributed by atoms with van der Waals surface area (Å²) in [5.41, 5.74) is 1.48. The minimum absolute atomic E-state index is 0.110. The highest BCUT2D eigenvalue weighted by Crippen LogP contribution is 2.32. The molecule has 4 rings (SSSR count). The molecule has 0 atom stereocenters. The summed E-state index contributed by atoms with van der Waals surface area (Å²) in [4.78, 5) is 22.4. The van der Waals surface area contributed by atoms with Gasteiger partial charge in [0.05, 0.1) is 29.1 Å². The molecule has 27 heavy (non-hydrogen) atoms. The van der Waals surface area contributed by atoms with Gasteiger partial charge >= 0.3 is 0 Å². The van der Waals surface area contributed by atoms with Gasteiger partial charge in [0, 0.05) is 31.2 Å². The summed E-state index contributed by atoms with van der Waals surface area (Å²) in [6, 6.07) is 5.56. The Labute approximate surface area is 169 Å². The first-order chi connectivity index (χ1) is 13.1. The second kappa shape index (κ2) is 8.15. The number of benzene rings is 1. The Hall–Kier alpha value is -1.65. The van der Waals surface area contributed by atoms with Crippen LogP contribution < -0.4 is 4.90 Å². The van der Waals surface area contributed by atoms with Crippen molar-refractivity contribution in [3.8, 4) is 0 Å². The van der Waals surface area contributed by atoms with Crippen molar-refractivity contribution < 1.29 is 9.53 Å². The Morgan fingerprint density at radius 1 is 1.37 bits per heavy atom. The van der Waals surface area contributed by atoms with E-state index in [4.69, 9.17) is 16.3 Å². The van der Waals surface area contributed by atoms with Crippen molar-refractivity contribution >= 4 is 55.7 Å². The molecule has 0 N–H and O–H groups in total. The highest BCUT2D eigenvalue weighted by molar-refractivity contribution is 7.22. The van der Waals surface area contributed by atoms with E-state index in [1.807, 2.05) is 18.2 Å². The summed E-state index contributed by atoms with van der Waals surface area (Å²) in [6.07, 6.45) is 0. The van der Waals surface area contributed by atoms with Crippen molar-refractivity contribution in [2.24, 2.45) is 0 Å². The van der Waals surface area contributed by atoms with Crippen LogP contribution >= 0.6 is 34.5 Å². The van der Waals surface area contributed by atoms with Gasteiger partial charge in [-0.1, -0.05) is 27.4 Å². The molecule has 0 saturated carbocycles. The van der Waals surface area contributed by atoms with Gasteiger partial charge in [-0.05, 0) is 36.7 Å². The zero-order valence-corrected chi connectivity index (χ0v) is 17.1. The van der Waals surface area contributed by atoms with E-state index in [0.717, 1.165) is 54.6 Å². The molecular formula is C17H18ClN5O2S2. The second-order valence-electron chi connectivity index (χ2n) is 6.21. The number of carbonyl (C=O) groups excluding carboxylic acids is 1. The molecule has 142 valence electrons. The number of ether oxygens (including phenoxy) is 1. The Kier molecular flexibility index (Phi) is 5.65. The second-order valence-corrected chi connectivity index (χ2v) is 8.41. The Balaban J connectivity index is 1.63. The van der Waals surface area contributed by atoms with Crippen LogP contribution in [0.2, 0.25) is 5.02 Å². The maximum absolute atomic E-state index is 13.2. The lowest BCUT2D eigenvalue weighted by molar-refractivity contribution is 0.0391. The summed E-state index contributed by atoms with van der Waals surface area (Å²) in [5.74, 6) is -0.110. The molecule has 3 heterocycles. The van der Waals surface area contributed by atoms with E-state index >= 15 is 0 Å². The molecule has 1 aromatic carbocycles. The van der Waals surface area contributed by atoms with Gasteiger partial charge in [-0.25, -0.2) is 4.98 Å². The van der Waals surface area contributed by atoms with E-state index < -0.39 is 0 Å². The topological polar surface area (TPSA) is 71.5 Å². The van der Waals surface area contributed by atoms with E-state index in [1.54, 1.807) is 11.8 Å². The Bertz CT molecular complexity index is 954. The van der Waals surface area contributed by atoms with E-state index in [0.29, 0.717) is 27.3 Å². The van der Waals surface area contributed by atoms with Crippen LogP contribution in [0.1, 0.15) is 15.4 Å². The van der Waals surface area contributed by atoms with Gasteiger partial charge in [0.1, 0.15) is 4.88 Å². The van der Waals surface area contributed by atoms with Crippen LogP contribution in [0.5, 0.6) is 0 Å². The number of halogens is 1. The number of nitrogens with zero attached hydrogens (tertiary/aromatic N) is 5. The highest BCUT2D eigenvalue weighted by Gasteiger charge is 2.25. The molecule has 0 spiro atoms. The fourth-order valence-electron chi connectivity index (χ4n) is 2.90. The molecule has 0 bridgehead atoms. The van der Waals surface area contributed by atoms with Crippen LogP contribution in [-0.2, 0) is 4.74 Å². The number of amides is 1. The third-order valence-electron chi connectivity index (χ3n) is 4.40. The summed E-state index contributed by atoms with van der Waals surface area (Å²) >= 11 is 8.69. The van der Waals surface area contributed by atoms with E-state index in [9.17, 15) is 4.79 Å². The van der Waals surface area contributed by atoms with Crippen LogP contribution in [0.15, 0.2) is 18.2 Å². The summed E-state index contributed by atoms with van der Waals surface area (Å²) in [6.45, 7) is 6.31. The predicted molar refractivity (Wildman–Crippen MR) is 108 cm³/mol. The van der Waals surface area contributed by atoms with Gasteiger partial charge in [0.2, 0.25) is 0 Å². The lowest BCUT2D eigenvalue weighted by Crippen LogP contribution is -2.43. The molecule has 10 heteroatoms. The number of carbonyl (C=O) groups is 1. The van der Waals surface area contributed by atoms with Crippen molar-refractivity contribution in [3.63, 3.8) is 0 Å². The number of hydrogen-bond donors (Lipinski definition) is 0. The Morgan fingerprint density at radius 3 is 2.93 bits per heavy atom. The van der Waals surface area contributed by atoms with Crippen LogP contribution in [0.4, 0.5) is 5.13 Å². The van der Waals surface area contributed by atoms with Gasteiger partial charge in [0.25, 0.3) is 5.91 Å². The minimum Gasteiger partial charge on any atom is -0.379 e. The number of rotatable bonds is 5. The zero-order valence-electron chi connectivity index (χ0n) is 14.7. The average molecular weight is 424 g/mol. The van der Waals surface area contributed by atoms with Gasteiger partial charge in [-0.2, -0.15) is 0 Å². The number of morpholine rings is 1. The van der Waals surface area contributed by atoms with Crippen molar-refractivity contribution in [2.75, 3.05) is 44.3 Å². The maximum atomic E-state index is 13.2. The first kappa shape index (κ1) is 18.7. The van der Waals surface area contributed by atoms with Gasteiger partial charge in [-0.15, -0.1) is 5.10 Å². The number of hydrogen-bond acceptors (Lipinski definition) is 8. The molecule has 0 unspecified atom stereocenters. The molecule has 2 aromatic heterocycles. The van der Waals surface area contributed by atoms with Crippen molar-refractivity contribution in [1.82, 2.24) is 19.5 Å². The first-order valence-corrected chi connectivity index (χ1v) is 10.6. The molecule has 1 aliphatic rings. The standard InChI is InChI=1S/C17H18ClN5O2S2/c1-11-15(27-21-20-11)16(24)23(5-4-22-6-8-25-9-7-22)17-19-13-3-2-12(18)10-14(13)26-17/h2-3,10H,4-9H2,1H3. The zero-order chi connectivity index (χ0) is 18.8. The third kappa shape index (κ3) is 4.12. The molecular weight excluding hydrogens is 406 g/mol. The monoisotopic (exact) mass is 423 g/mol. The lowest BCUT2D eigenvalue weighted by atomic mass is 10.3. The average Bonchev–Trinajstić information content (AvgIpc) is 3.28. The number of fused-ring (bicyclic) bond motifs is 1. The first-order valence-electron chi connectivity index (χ1n) is 8.59. The highest BCUT2D eigenvalue weighted by atomic mass is 35.5. The normalized spacial score (nSPS) is 15.3. The van der Waals surface area contributed by atoms with Crippen LogP contribution in [0, 0.1) is 6.92 Å². The molecule has 0 aliphatic carbocycles. The quantitative estimate of drug-likeness (QED) is 0.628. The lowest BCUT2D eigenvalue weighted by Gasteiger charge is -2.29. The summed E-state index contributed by atoms with van der Waals surface area (Å²) in [5, 5.41) is 5.30. The van der Waals surface area contributed by atoms with Crippen molar-refractivity contribution in [2.45, 2.75) is 6.92 Å². The SMILES string of the molecule is Cc1nnsc1C(=O)N(CCN1CCOCC1)c1nc2ccc(Cl)cc2s1. The number of aryl methyl sites for hydroxylation is 1. The van der Waals surface area contributed by atoms with Gasteiger partial charge in [-0.3, -0.25) is 14.6 Å². The van der Waals surface area contributed by atoms with Crippen molar-refractivity contribution in [3.05, 3.63) is 33.8 Å². The molecule has 1 saturated heterocycles. The van der Waals surface area contributed by atoms with Gasteiger partial charge < -0.3 is 4.74 Å². The van der Waals surface area contributed by atoms with E-state index in [2.05, 4.69) is 19.5 Å². The van der Waals surface area contributed by atoms with Crippen LogP contribution in [0.3, 0.4) is 0 Å². The molecule has 1 fully saturated rings. The van der Waals surface area contributed by atoms with Crippen LogP contribution in [0.25, 0.3) is 10.2 Å². The molecule has 0 radical (unpaired) electrons. The van der Waals surface area contributed by atoms with Crippen molar-refractivity contribution in [1.29, 1.82) is 0 Å². The summed E-state index contributed by atoms with van der Waals surface area (Å²) < 4.78 is 10.3. The maximum Gasteiger partial charge on any atom is 0.273 e. The van der Waals surface area contributed by atoms with E-state index in [-0.39, 0.29) is 5.91 Å². The molecule has 1 aliphatic heterocycles. The number of anilines is 1. The van der Waals surface area contributed by atoms with Gasteiger partial charge in [0.15, 0.2) is 5.13 Å². The fourth-order valence-corrected chi connectivity index (χ4v) is 4.77. The largest absolute Gasteiger partial charge is 0.379 e. The molecule has 3 aromatic rings. The molecule has 1 amide bonds. The number of thiazole rings is 1. The van der Waals surface area contributed by atoms with Crippen LogP contribution in [-0.4, -0.2) is 64.8 Å². The van der Waals surface area contributed by atoms with E-state index in [1.165, 1.54) is 11.3 Å². The minimum atomic E-state index is -0.110.